The highest BCUT2D eigenvalue weighted by Gasteiger charge is 2.11. The van der Waals surface area contributed by atoms with Crippen LogP contribution in [0, 0.1) is 6.92 Å². The number of benzene rings is 2. The number of aryl methyl sites for hydroxylation is 1. The van der Waals surface area contributed by atoms with Gasteiger partial charge in [-0.15, -0.1) is 24.0 Å². The van der Waals surface area contributed by atoms with Crippen LogP contribution in [0.15, 0.2) is 46.3 Å². The second kappa shape index (κ2) is 12.0. The standard InChI is InChI=1S/C21H29N3O4S.HI/c1-6-28-19-12-17(7-9-18(19)27-4)14-24-21(22-3)23-13-16-8-10-20(15(2)11-16)29(5,25)26;/h7-12H,6,13-14H2,1-5H3,(H2,22,23,24);1H. The van der Waals surface area contributed by atoms with Crippen molar-refractivity contribution in [1.29, 1.82) is 0 Å². The van der Waals surface area contributed by atoms with E-state index in [1.165, 1.54) is 6.26 Å². The molecule has 30 heavy (non-hydrogen) atoms. The topological polar surface area (TPSA) is 89.0 Å². The van der Waals surface area contributed by atoms with E-state index in [0.29, 0.717) is 42.1 Å². The zero-order chi connectivity index (χ0) is 21.4. The van der Waals surface area contributed by atoms with Gasteiger partial charge in [0.2, 0.25) is 0 Å². The van der Waals surface area contributed by atoms with Gasteiger partial charge in [0, 0.05) is 26.4 Å². The van der Waals surface area contributed by atoms with Crippen molar-refractivity contribution < 1.29 is 17.9 Å². The Morgan fingerprint density at radius 1 is 1.03 bits per heavy atom. The Kier molecular flexibility index (Phi) is 10.4. The lowest BCUT2D eigenvalue weighted by Gasteiger charge is -2.14. The molecule has 0 amide bonds. The molecule has 0 aliphatic rings. The maximum absolute atomic E-state index is 11.7. The average Bonchev–Trinajstić information content (AvgIpc) is 2.67. The summed E-state index contributed by atoms with van der Waals surface area (Å²) in [6.45, 7) is 5.38. The number of halogens is 1. The van der Waals surface area contributed by atoms with Gasteiger partial charge in [-0.25, -0.2) is 8.42 Å². The molecule has 0 radical (unpaired) electrons. The fourth-order valence-electron chi connectivity index (χ4n) is 2.93. The number of hydrogen-bond acceptors (Lipinski definition) is 5. The number of hydrogen-bond donors (Lipinski definition) is 2. The molecule has 0 heterocycles. The summed E-state index contributed by atoms with van der Waals surface area (Å²) < 4.78 is 34.4. The molecule has 0 aliphatic heterocycles. The number of guanidine groups is 1. The molecule has 9 heteroatoms. The number of methoxy groups -OCH3 is 1. The molecule has 2 N–H and O–H groups in total. The van der Waals surface area contributed by atoms with Crippen molar-refractivity contribution in [2.75, 3.05) is 27.0 Å². The van der Waals surface area contributed by atoms with Gasteiger partial charge < -0.3 is 20.1 Å². The summed E-state index contributed by atoms with van der Waals surface area (Å²) in [7, 11) is 0.104. The molecular weight excluding hydrogens is 517 g/mol. The predicted octanol–water partition coefficient (Wildman–Crippen LogP) is 3.29. The van der Waals surface area contributed by atoms with Gasteiger partial charge >= 0.3 is 0 Å². The van der Waals surface area contributed by atoms with Crippen LogP contribution in [-0.2, 0) is 22.9 Å². The van der Waals surface area contributed by atoms with E-state index in [2.05, 4.69) is 15.6 Å². The number of rotatable bonds is 8. The van der Waals surface area contributed by atoms with Crippen molar-refractivity contribution in [2.45, 2.75) is 31.8 Å². The van der Waals surface area contributed by atoms with E-state index in [-0.39, 0.29) is 24.0 Å². The van der Waals surface area contributed by atoms with E-state index in [0.717, 1.165) is 16.7 Å². The third kappa shape index (κ3) is 7.35. The van der Waals surface area contributed by atoms with Gasteiger partial charge in [-0.05, 0) is 48.7 Å². The van der Waals surface area contributed by atoms with Crippen molar-refractivity contribution in [1.82, 2.24) is 10.6 Å². The highest BCUT2D eigenvalue weighted by molar-refractivity contribution is 14.0. The van der Waals surface area contributed by atoms with Crippen LogP contribution >= 0.6 is 24.0 Å². The number of ether oxygens (including phenoxy) is 2. The van der Waals surface area contributed by atoms with E-state index >= 15 is 0 Å². The third-order valence-electron chi connectivity index (χ3n) is 4.31. The van der Waals surface area contributed by atoms with Crippen molar-refractivity contribution in [2.24, 2.45) is 4.99 Å². The summed E-state index contributed by atoms with van der Waals surface area (Å²) in [6, 6.07) is 11.1. The van der Waals surface area contributed by atoms with Gasteiger partial charge in [0.1, 0.15) is 0 Å². The highest BCUT2D eigenvalue weighted by Crippen LogP contribution is 2.28. The van der Waals surface area contributed by atoms with Crippen LogP contribution in [-0.4, -0.2) is 41.4 Å². The second-order valence-electron chi connectivity index (χ2n) is 6.57. The smallest absolute Gasteiger partial charge is 0.191 e. The fourth-order valence-corrected chi connectivity index (χ4v) is 3.89. The average molecular weight is 547 g/mol. The molecular formula is C21H30IN3O4S. The van der Waals surface area contributed by atoms with E-state index in [9.17, 15) is 8.42 Å². The van der Waals surface area contributed by atoms with E-state index in [4.69, 9.17) is 9.47 Å². The zero-order valence-corrected chi connectivity index (χ0v) is 21.1. The minimum Gasteiger partial charge on any atom is -0.493 e. The molecule has 0 atom stereocenters. The molecule has 2 rings (SSSR count). The van der Waals surface area contributed by atoms with E-state index < -0.39 is 9.84 Å². The lowest BCUT2D eigenvalue weighted by Crippen LogP contribution is -2.36. The van der Waals surface area contributed by atoms with Crippen molar-refractivity contribution in [3.8, 4) is 11.5 Å². The number of nitrogens with one attached hydrogen (secondary N) is 2. The normalized spacial score (nSPS) is 11.4. The summed E-state index contributed by atoms with van der Waals surface area (Å²) in [5.74, 6) is 2.05. The molecule has 0 saturated carbocycles. The fraction of sp³-hybridized carbons (Fsp3) is 0.381. The predicted molar refractivity (Wildman–Crippen MR) is 131 cm³/mol. The van der Waals surface area contributed by atoms with E-state index in [1.54, 1.807) is 27.1 Å². The molecule has 0 fully saturated rings. The second-order valence-corrected chi connectivity index (χ2v) is 8.55. The molecule has 7 nitrogen and oxygen atoms in total. The summed E-state index contributed by atoms with van der Waals surface area (Å²) in [5.41, 5.74) is 2.74. The molecule has 0 spiro atoms. The monoisotopic (exact) mass is 547 g/mol. The number of aliphatic imine (C=N–C) groups is 1. The number of nitrogens with zero attached hydrogens (tertiary/aromatic N) is 1. The minimum atomic E-state index is -3.21. The molecule has 2 aromatic rings. The number of sulfone groups is 1. The lowest BCUT2D eigenvalue weighted by molar-refractivity contribution is 0.310. The summed E-state index contributed by atoms with van der Waals surface area (Å²) in [6.07, 6.45) is 1.22. The van der Waals surface area contributed by atoms with Crippen molar-refractivity contribution >= 4 is 39.8 Å². The maximum atomic E-state index is 11.7. The Balaban J connectivity index is 0.00000450. The van der Waals surface area contributed by atoms with Gasteiger partial charge in [-0.3, -0.25) is 4.99 Å². The highest BCUT2D eigenvalue weighted by atomic mass is 127. The quantitative estimate of drug-likeness (QED) is 0.300. The van der Waals surface area contributed by atoms with Crippen molar-refractivity contribution in [3.63, 3.8) is 0 Å². The first-order valence-electron chi connectivity index (χ1n) is 9.32. The summed E-state index contributed by atoms with van der Waals surface area (Å²) in [4.78, 5) is 4.59. The third-order valence-corrected chi connectivity index (χ3v) is 5.57. The molecule has 0 aliphatic carbocycles. The van der Waals surface area contributed by atoms with Crippen LogP contribution in [0.3, 0.4) is 0 Å². The summed E-state index contributed by atoms with van der Waals surface area (Å²) >= 11 is 0. The van der Waals surface area contributed by atoms with Crippen LogP contribution in [0.5, 0.6) is 11.5 Å². The maximum Gasteiger partial charge on any atom is 0.191 e. The van der Waals surface area contributed by atoms with Gasteiger partial charge in [0.05, 0.1) is 18.6 Å². The molecule has 2 aromatic carbocycles. The first kappa shape index (κ1) is 26.0. The first-order chi connectivity index (χ1) is 13.8. The summed E-state index contributed by atoms with van der Waals surface area (Å²) in [5, 5.41) is 6.50. The Bertz CT molecular complexity index is 978. The molecule has 0 unspecified atom stereocenters. The Hall–Kier alpha value is -2.01. The molecule has 166 valence electrons. The molecule has 0 aromatic heterocycles. The zero-order valence-electron chi connectivity index (χ0n) is 18.0. The first-order valence-corrected chi connectivity index (χ1v) is 11.2. The van der Waals surface area contributed by atoms with Gasteiger partial charge in [-0.2, -0.15) is 0 Å². The van der Waals surface area contributed by atoms with Gasteiger partial charge in [0.25, 0.3) is 0 Å². The van der Waals surface area contributed by atoms with Crippen LogP contribution < -0.4 is 20.1 Å². The Labute approximate surface area is 196 Å². The van der Waals surface area contributed by atoms with Crippen LogP contribution in [0.1, 0.15) is 23.6 Å². The van der Waals surface area contributed by atoms with Crippen LogP contribution in [0.2, 0.25) is 0 Å². The lowest BCUT2D eigenvalue weighted by atomic mass is 10.1. The van der Waals surface area contributed by atoms with Crippen molar-refractivity contribution in [3.05, 3.63) is 53.1 Å². The molecule has 0 bridgehead atoms. The molecule has 0 saturated heterocycles. The SMILES string of the molecule is CCOc1cc(CNC(=NC)NCc2ccc(S(C)(=O)=O)c(C)c2)ccc1OC.I. The Morgan fingerprint density at radius 2 is 1.63 bits per heavy atom. The van der Waals surface area contributed by atoms with Gasteiger partial charge in [-0.1, -0.05) is 18.2 Å². The minimum absolute atomic E-state index is 0. The Morgan fingerprint density at radius 3 is 2.13 bits per heavy atom. The van der Waals surface area contributed by atoms with Crippen LogP contribution in [0.4, 0.5) is 0 Å². The van der Waals surface area contributed by atoms with Crippen LogP contribution in [0.25, 0.3) is 0 Å². The van der Waals surface area contributed by atoms with Gasteiger partial charge in [0.15, 0.2) is 27.3 Å². The largest absolute Gasteiger partial charge is 0.493 e. The van der Waals surface area contributed by atoms with E-state index in [1.807, 2.05) is 37.3 Å².